The van der Waals surface area contributed by atoms with Crippen LogP contribution in [0, 0.1) is 12.7 Å². The number of amides is 1. The van der Waals surface area contributed by atoms with Crippen molar-refractivity contribution in [3.05, 3.63) is 63.5 Å². The van der Waals surface area contributed by atoms with Gasteiger partial charge in [0, 0.05) is 22.3 Å². The number of hydrogen-bond acceptors (Lipinski definition) is 3. The summed E-state index contributed by atoms with van der Waals surface area (Å²) in [5.74, 6) is -0.438. The Morgan fingerprint density at radius 1 is 1.30 bits per heavy atom. The summed E-state index contributed by atoms with van der Waals surface area (Å²) in [6.45, 7) is 5.91. The van der Waals surface area contributed by atoms with Gasteiger partial charge in [0.15, 0.2) is 0 Å². The summed E-state index contributed by atoms with van der Waals surface area (Å²) in [7, 11) is 0. The molecule has 3 aromatic rings. The number of thiazole rings is 1. The molecule has 1 amide bonds. The van der Waals surface area contributed by atoms with Crippen molar-refractivity contribution in [2.24, 2.45) is 0 Å². The zero-order valence-electron chi connectivity index (χ0n) is 15.8. The van der Waals surface area contributed by atoms with Crippen molar-refractivity contribution in [3.63, 3.8) is 0 Å². The first kappa shape index (κ1) is 19.3. The third kappa shape index (κ3) is 4.45. The van der Waals surface area contributed by atoms with Gasteiger partial charge in [0.1, 0.15) is 16.5 Å². The maximum absolute atomic E-state index is 13.8. The molecule has 2 heterocycles. The van der Waals surface area contributed by atoms with Crippen LogP contribution < -0.4 is 5.32 Å². The second-order valence-electron chi connectivity index (χ2n) is 6.58. The van der Waals surface area contributed by atoms with Gasteiger partial charge in [-0.25, -0.2) is 9.37 Å². The Hall–Kier alpha value is -2.47. The monoisotopic (exact) mass is 385 g/mol. The van der Waals surface area contributed by atoms with E-state index >= 15 is 0 Å². The topological polar surface area (TPSA) is 57.8 Å². The molecule has 0 saturated carbocycles. The molecule has 4 nitrogen and oxygen atoms in total. The Bertz CT molecular complexity index is 931. The van der Waals surface area contributed by atoms with Gasteiger partial charge < -0.3 is 10.3 Å². The van der Waals surface area contributed by atoms with E-state index in [1.165, 1.54) is 10.9 Å². The fourth-order valence-electron chi connectivity index (χ4n) is 2.89. The van der Waals surface area contributed by atoms with Crippen LogP contribution in [-0.4, -0.2) is 15.9 Å². The molecule has 6 heteroatoms. The van der Waals surface area contributed by atoms with Crippen molar-refractivity contribution in [1.82, 2.24) is 15.3 Å². The summed E-state index contributed by atoms with van der Waals surface area (Å²) in [4.78, 5) is 21.5. The number of nitrogens with one attached hydrogen (secondary N) is 2. The summed E-state index contributed by atoms with van der Waals surface area (Å²) in [5.41, 5.74) is 2.49. The van der Waals surface area contributed by atoms with Crippen molar-refractivity contribution in [1.29, 1.82) is 0 Å². The molecule has 0 radical (unpaired) electrons. The summed E-state index contributed by atoms with van der Waals surface area (Å²) in [5, 5.41) is 4.02. The van der Waals surface area contributed by atoms with E-state index in [4.69, 9.17) is 0 Å². The molecule has 0 aliphatic heterocycles. The number of H-pyrrole nitrogens is 1. The number of aromatic amines is 1. The third-order valence-corrected chi connectivity index (χ3v) is 5.77. The van der Waals surface area contributed by atoms with Gasteiger partial charge in [-0.1, -0.05) is 32.4 Å². The van der Waals surface area contributed by atoms with Gasteiger partial charge in [-0.2, -0.15) is 0 Å². The fraction of sp³-hybridized carbons (Fsp3) is 0.333. The van der Waals surface area contributed by atoms with Gasteiger partial charge in [-0.15, -0.1) is 11.3 Å². The summed E-state index contributed by atoms with van der Waals surface area (Å²) in [6, 6.07) is 8.47. The highest BCUT2D eigenvalue weighted by Crippen LogP contribution is 2.25. The number of carbonyl (C=O) groups is 1. The van der Waals surface area contributed by atoms with Crippen molar-refractivity contribution < 1.29 is 9.18 Å². The standard InChI is InChI=1S/C21H24FN3OS/c1-4-6-19(21-23-12-15(5-2)27-21)25-20(26)18-10-9-17(24-18)14-8-7-13(3)16(22)11-14/h7-12,19,24H,4-6H2,1-3H3,(H,25,26). The van der Waals surface area contributed by atoms with E-state index in [1.807, 2.05) is 12.3 Å². The van der Waals surface area contributed by atoms with Crippen LogP contribution in [0.1, 0.15) is 58.7 Å². The van der Waals surface area contributed by atoms with Crippen molar-refractivity contribution >= 4 is 17.2 Å². The van der Waals surface area contributed by atoms with Gasteiger partial charge in [0.25, 0.3) is 5.91 Å². The predicted octanol–water partition coefficient (Wildman–Crippen LogP) is 5.42. The summed E-state index contributed by atoms with van der Waals surface area (Å²) in [6.07, 6.45) is 4.61. The molecule has 142 valence electrons. The molecule has 0 bridgehead atoms. The maximum Gasteiger partial charge on any atom is 0.268 e. The van der Waals surface area contributed by atoms with E-state index in [0.717, 1.165) is 29.8 Å². The van der Waals surface area contributed by atoms with Crippen molar-refractivity contribution in [2.75, 3.05) is 0 Å². The van der Waals surface area contributed by atoms with Crippen LogP contribution in [0.15, 0.2) is 36.5 Å². The first-order valence-corrected chi connectivity index (χ1v) is 10.0. The Morgan fingerprint density at radius 3 is 2.78 bits per heavy atom. The molecule has 0 saturated heterocycles. The first-order valence-electron chi connectivity index (χ1n) is 9.22. The number of benzene rings is 1. The van der Waals surface area contributed by atoms with E-state index in [1.54, 1.807) is 36.5 Å². The fourth-order valence-corrected chi connectivity index (χ4v) is 3.83. The molecule has 3 rings (SSSR count). The van der Waals surface area contributed by atoms with Gasteiger partial charge in [-0.3, -0.25) is 4.79 Å². The smallest absolute Gasteiger partial charge is 0.268 e. The van der Waals surface area contributed by atoms with Crippen molar-refractivity contribution in [3.8, 4) is 11.3 Å². The molecule has 1 aromatic carbocycles. The van der Waals surface area contributed by atoms with Crippen LogP contribution in [0.3, 0.4) is 0 Å². The Balaban J connectivity index is 1.76. The number of aromatic nitrogens is 2. The lowest BCUT2D eigenvalue weighted by atomic mass is 10.1. The number of halogens is 1. The van der Waals surface area contributed by atoms with Crippen LogP contribution in [0.5, 0.6) is 0 Å². The number of nitrogens with zero attached hydrogens (tertiary/aromatic N) is 1. The normalized spacial score (nSPS) is 12.1. The largest absolute Gasteiger partial charge is 0.351 e. The zero-order valence-corrected chi connectivity index (χ0v) is 16.6. The second kappa shape index (κ2) is 8.48. The van der Waals surface area contributed by atoms with Gasteiger partial charge in [-0.05, 0) is 43.5 Å². The average Bonchev–Trinajstić information content (AvgIpc) is 3.33. The number of aryl methyl sites for hydroxylation is 2. The minimum absolute atomic E-state index is 0.101. The second-order valence-corrected chi connectivity index (χ2v) is 7.73. The number of rotatable bonds is 7. The quantitative estimate of drug-likeness (QED) is 0.570. The highest BCUT2D eigenvalue weighted by Gasteiger charge is 2.19. The molecule has 27 heavy (non-hydrogen) atoms. The summed E-state index contributed by atoms with van der Waals surface area (Å²) < 4.78 is 13.8. The molecule has 0 spiro atoms. The molecular weight excluding hydrogens is 361 g/mol. The lowest BCUT2D eigenvalue weighted by molar-refractivity contribution is 0.0930. The van der Waals surface area contributed by atoms with Crippen LogP contribution >= 0.6 is 11.3 Å². The Kier molecular flexibility index (Phi) is 6.06. The Labute approximate surface area is 162 Å². The highest BCUT2D eigenvalue weighted by atomic mass is 32.1. The molecule has 0 fully saturated rings. The minimum Gasteiger partial charge on any atom is -0.351 e. The molecule has 1 atom stereocenters. The molecule has 2 N–H and O–H groups in total. The van der Waals surface area contributed by atoms with E-state index in [2.05, 4.69) is 29.1 Å². The van der Waals surface area contributed by atoms with Crippen LogP contribution in [0.2, 0.25) is 0 Å². The van der Waals surface area contributed by atoms with Gasteiger partial charge >= 0.3 is 0 Å². The number of carbonyl (C=O) groups excluding carboxylic acids is 1. The third-order valence-electron chi connectivity index (χ3n) is 4.51. The molecule has 1 unspecified atom stereocenters. The zero-order chi connectivity index (χ0) is 19.4. The molecule has 0 aliphatic carbocycles. The highest BCUT2D eigenvalue weighted by molar-refractivity contribution is 7.11. The molecule has 2 aromatic heterocycles. The lowest BCUT2D eigenvalue weighted by Crippen LogP contribution is -2.28. The molecular formula is C21H24FN3OS. The van der Waals surface area contributed by atoms with Crippen LogP contribution in [0.25, 0.3) is 11.3 Å². The van der Waals surface area contributed by atoms with Gasteiger partial charge in [0.2, 0.25) is 0 Å². The van der Waals surface area contributed by atoms with E-state index < -0.39 is 0 Å². The van der Waals surface area contributed by atoms with E-state index in [-0.39, 0.29) is 17.8 Å². The Morgan fingerprint density at radius 2 is 2.11 bits per heavy atom. The predicted molar refractivity (Wildman–Crippen MR) is 108 cm³/mol. The number of hydrogen-bond donors (Lipinski definition) is 2. The molecule has 0 aliphatic rings. The van der Waals surface area contributed by atoms with Crippen LogP contribution in [-0.2, 0) is 6.42 Å². The van der Waals surface area contributed by atoms with E-state index in [0.29, 0.717) is 17.0 Å². The van der Waals surface area contributed by atoms with Gasteiger partial charge in [0.05, 0.1) is 6.04 Å². The lowest BCUT2D eigenvalue weighted by Gasteiger charge is -2.15. The minimum atomic E-state index is -0.258. The van der Waals surface area contributed by atoms with Crippen LogP contribution in [0.4, 0.5) is 4.39 Å². The van der Waals surface area contributed by atoms with Crippen molar-refractivity contribution in [2.45, 2.75) is 46.1 Å². The first-order chi connectivity index (χ1) is 13.0. The maximum atomic E-state index is 13.8. The average molecular weight is 386 g/mol. The SMILES string of the molecule is CCCC(NC(=O)c1ccc(-c2ccc(C)c(F)c2)[nH]1)c1ncc(CC)s1. The summed E-state index contributed by atoms with van der Waals surface area (Å²) >= 11 is 1.65. The van der Waals surface area contributed by atoms with E-state index in [9.17, 15) is 9.18 Å².